The second kappa shape index (κ2) is 11.3. The molecule has 0 bridgehead atoms. The fraction of sp³-hybridized carbons (Fsp3) is 0.0263. The number of hydrogen-bond acceptors (Lipinski definition) is 2. The summed E-state index contributed by atoms with van der Waals surface area (Å²) in [6.45, 7) is 2.21. The molecule has 0 amide bonds. The molecule has 6 heteroatoms. The first-order valence-corrected chi connectivity index (χ1v) is 15.3. The van der Waals surface area contributed by atoms with Gasteiger partial charge in [0, 0.05) is 17.5 Å². The number of rotatable bonds is 5. The van der Waals surface area contributed by atoms with Gasteiger partial charge >= 0.3 is 0 Å². The van der Waals surface area contributed by atoms with Crippen molar-refractivity contribution in [2.45, 2.75) is 6.92 Å². The number of nitrogens with zero attached hydrogens (tertiary/aromatic N) is 1. The summed E-state index contributed by atoms with van der Waals surface area (Å²) in [4.78, 5) is 5.16. The zero-order valence-electron chi connectivity index (χ0n) is 26.0. The molecule has 0 spiro atoms. The highest BCUT2D eigenvalue weighted by atomic mass is 14.9. The molecule has 2 nitrogen and oxygen atoms in total. The van der Waals surface area contributed by atoms with E-state index >= 15 is 0 Å². The van der Waals surface area contributed by atoms with E-state index in [1.165, 1.54) is 76.5 Å². The van der Waals surface area contributed by atoms with Crippen LogP contribution < -0.4 is 27.2 Å². The number of hydrogen-bond donors (Lipinski definition) is 1. The molecule has 7 aromatic carbocycles. The molecule has 0 fully saturated rings. The van der Waals surface area contributed by atoms with Crippen LogP contribution in [0, 0.1) is 6.92 Å². The number of aliphatic imine (C=N–C) groups is 1. The Kier molecular flexibility index (Phi) is 7.14. The molecular weight excluding hydrogens is 528 g/mol. The Morgan fingerprint density at radius 3 is 1.80 bits per heavy atom. The van der Waals surface area contributed by atoms with Crippen LogP contribution in [0.25, 0.3) is 43.4 Å². The van der Waals surface area contributed by atoms with E-state index in [0.29, 0.717) is 0 Å². The maximum atomic E-state index is 5.16. The van der Waals surface area contributed by atoms with Gasteiger partial charge in [-0.2, -0.15) is 0 Å². The Morgan fingerprint density at radius 2 is 1.09 bits per heavy atom. The average molecular weight is 560 g/mol. The van der Waals surface area contributed by atoms with Crippen LogP contribution in [-0.2, 0) is 0 Å². The first-order valence-electron chi connectivity index (χ1n) is 15.3. The number of fused-ring (bicyclic) bond motifs is 3. The fourth-order valence-electron chi connectivity index (χ4n) is 6.68. The lowest BCUT2D eigenvalue weighted by Gasteiger charge is -2.21. The third-order valence-corrected chi connectivity index (χ3v) is 9.53. The van der Waals surface area contributed by atoms with E-state index in [2.05, 4.69) is 165 Å². The van der Waals surface area contributed by atoms with Crippen molar-refractivity contribution in [3.05, 3.63) is 126 Å². The molecule has 0 aliphatic carbocycles. The maximum Gasteiger partial charge on any atom is 0.141 e. The van der Waals surface area contributed by atoms with Gasteiger partial charge in [-0.15, -0.1) is 5.46 Å². The van der Waals surface area contributed by atoms with Crippen LogP contribution in [0.1, 0.15) is 11.1 Å². The van der Waals surface area contributed by atoms with Crippen molar-refractivity contribution < 1.29 is 0 Å². The SMILES string of the molecule is Bc1c(B)c(B)c(Nc2ccccc2/N=C/c2c3ccccc3c(-c3cccc4ccccc34)c3ccccc23)c(C)c1B. The highest BCUT2D eigenvalue weighted by molar-refractivity contribution is 6.64. The Hall–Kier alpha value is -4.95. The van der Waals surface area contributed by atoms with Gasteiger partial charge in [-0.3, -0.25) is 4.99 Å². The molecule has 1 N–H and O–H groups in total. The lowest BCUT2D eigenvalue weighted by atomic mass is 9.64. The summed E-state index contributed by atoms with van der Waals surface area (Å²) in [5.74, 6) is 0. The van der Waals surface area contributed by atoms with E-state index in [4.69, 9.17) is 4.99 Å². The summed E-state index contributed by atoms with van der Waals surface area (Å²) in [5.41, 5.74) is 13.3. The Bertz CT molecular complexity index is 2180. The van der Waals surface area contributed by atoms with Gasteiger partial charge in [0.25, 0.3) is 0 Å². The standard InChI is InChI=1S/C38H32B4N2/c1-22-34(39)35(40)36(41)37(42)38(22)44-32-20-9-8-19-31(32)43-21-30-25-14-4-6-16-28(25)33(29-17-7-5-15-26(29)30)27-18-10-12-23-11-2-3-13-24(23)27/h2-21,44H,39-42H2,1H3/b43-21+. The van der Waals surface area contributed by atoms with E-state index in [0.717, 1.165) is 16.9 Å². The normalized spacial score (nSPS) is 11.6. The van der Waals surface area contributed by atoms with E-state index in [9.17, 15) is 0 Å². The van der Waals surface area contributed by atoms with Crippen molar-refractivity contribution in [3.63, 3.8) is 0 Å². The monoisotopic (exact) mass is 560 g/mol. The highest BCUT2D eigenvalue weighted by Gasteiger charge is 2.17. The molecule has 0 saturated carbocycles. The first kappa shape index (κ1) is 27.9. The average Bonchev–Trinajstić information content (AvgIpc) is 3.07. The van der Waals surface area contributed by atoms with Crippen molar-refractivity contribution in [1.29, 1.82) is 0 Å². The van der Waals surface area contributed by atoms with Crippen LogP contribution in [0.5, 0.6) is 0 Å². The van der Waals surface area contributed by atoms with Crippen molar-refractivity contribution in [2.24, 2.45) is 4.99 Å². The van der Waals surface area contributed by atoms with E-state index in [1.807, 2.05) is 0 Å². The minimum atomic E-state index is 0.911. The van der Waals surface area contributed by atoms with Crippen LogP contribution in [-0.4, -0.2) is 37.6 Å². The molecule has 7 aromatic rings. The van der Waals surface area contributed by atoms with Gasteiger partial charge in [-0.1, -0.05) is 120 Å². The van der Waals surface area contributed by atoms with Gasteiger partial charge in [0.1, 0.15) is 31.4 Å². The van der Waals surface area contributed by atoms with Crippen molar-refractivity contribution in [3.8, 4) is 11.1 Å². The summed E-state index contributed by atoms with van der Waals surface area (Å²) in [5, 5.41) is 11.1. The number of para-hydroxylation sites is 2. The molecular formula is C38H32B4N2. The molecule has 0 radical (unpaired) electrons. The molecule has 206 valence electrons. The van der Waals surface area contributed by atoms with Gasteiger partial charge in [-0.25, -0.2) is 0 Å². The van der Waals surface area contributed by atoms with Gasteiger partial charge < -0.3 is 5.32 Å². The highest BCUT2D eigenvalue weighted by Crippen LogP contribution is 2.41. The van der Waals surface area contributed by atoms with Crippen LogP contribution in [0.15, 0.2) is 120 Å². The zero-order valence-corrected chi connectivity index (χ0v) is 26.0. The quantitative estimate of drug-likeness (QED) is 0.194. The van der Waals surface area contributed by atoms with E-state index in [1.54, 1.807) is 0 Å². The largest absolute Gasteiger partial charge is 0.354 e. The van der Waals surface area contributed by atoms with Crippen LogP contribution in [0.3, 0.4) is 0 Å². The second-order valence-corrected chi connectivity index (χ2v) is 11.8. The minimum absolute atomic E-state index is 0.911. The van der Waals surface area contributed by atoms with E-state index < -0.39 is 0 Å². The van der Waals surface area contributed by atoms with Gasteiger partial charge in [0.15, 0.2) is 0 Å². The van der Waals surface area contributed by atoms with Gasteiger partial charge in [0.05, 0.1) is 11.4 Å². The molecule has 0 saturated heterocycles. The lowest BCUT2D eigenvalue weighted by molar-refractivity contribution is 1.46. The maximum absolute atomic E-state index is 5.16. The third-order valence-electron chi connectivity index (χ3n) is 9.53. The molecule has 0 aromatic heterocycles. The summed E-state index contributed by atoms with van der Waals surface area (Å²) < 4.78 is 0. The van der Waals surface area contributed by atoms with E-state index in [-0.39, 0.29) is 0 Å². The zero-order chi connectivity index (χ0) is 30.4. The van der Waals surface area contributed by atoms with Crippen molar-refractivity contribution in [2.75, 3.05) is 5.32 Å². The molecule has 0 atom stereocenters. The summed E-state index contributed by atoms with van der Waals surface area (Å²) in [6, 6.07) is 41.1. The summed E-state index contributed by atoms with van der Waals surface area (Å²) in [7, 11) is 8.85. The van der Waals surface area contributed by atoms with Gasteiger partial charge in [0.2, 0.25) is 0 Å². The Morgan fingerprint density at radius 1 is 0.545 bits per heavy atom. The van der Waals surface area contributed by atoms with Crippen LogP contribution in [0.4, 0.5) is 17.1 Å². The molecule has 0 aliphatic heterocycles. The minimum Gasteiger partial charge on any atom is -0.354 e. The van der Waals surface area contributed by atoms with Crippen molar-refractivity contribution >= 4 is 109 Å². The number of anilines is 2. The van der Waals surface area contributed by atoms with Crippen molar-refractivity contribution in [1.82, 2.24) is 0 Å². The van der Waals surface area contributed by atoms with Gasteiger partial charge in [-0.05, 0) is 68.1 Å². The fourth-order valence-corrected chi connectivity index (χ4v) is 6.68. The summed E-state index contributed by atoms with van der Waals surface area (Å²) >= 11 is 0. The Balaban J connectivity index is 1.41. The third kappa shape index (κ3) is 4.62. The molecule has 7 rings (SSSR count). The smallest absolute Gasteiger partial charge is 0.141 e. The number of benzene rings is 7. The predicted octanol–water partition coefficient (Wildman–Crippen LogP) is 3.65. The molecule has 0 heterocycles. The molecule has 44 heavy (non-hydrogen) atoms. The predicted molar refractivity (Wildman–Crippen MR) is 205 cm³/mol. The summed E-state index contributed by atoms with van der Waals surface area (Å²) in [6.07, 6.45) is 2.06. The molecule has 0 aliphatic rings. The van der Waals surface area contributed by atoms with Crippen LogP contribution in [0.2, 0.25) is 0 Å². The Labute approximate surface area is 262 Å². The van der Waals surface area contributed by atoms with Crippen LogP contribution >= 0.6 is 0 Å². The topological polar surface area (TPSA) is 24.4 Å². The second-order valence-electron chi connectivity index (χ2n) is 11.8. The molecule has 0 unspecified atom stereocenters. The first-order chi connectivity index (χ1) is 21.4. The number of nitrogens with one attached hydrogen (secondary N) is 1. The lowest BCUT2D eigenvalue weighted by Crippen LogP contribution is -2.49.